The van der Waals surface area contributed by atoms with Crippen molar-refractivity contribution < 1.29 is 19.1 Å². The normalized spacial score (nSPS) is 18.8. The Kier molecular flexibility index (Phi) is 7.20. The minimum atomic E-state index is -0.155. The summed E-state index contributed by atoms with van der Waals surface area (Å²) in [4.78, 5) is 22.1. The number of hydrogen-bond acceptors (Lipinski definition) is 4. The van der Waals surface area contributed by atoms with Gasteiger partial charge >= 0.3 is 0 Å². The average Bonchev–Trinajstić information content (AvgIpc) is 2.57. The molecular weight excluding hydrogens is 210 g/mol. The molecular formula is C11H19NO4. The van der Waals surface area contributed by atoms with Gasteiger partial charge in [-0.05, 0) is 19.4 Å². The Morgan fingerprint density at radius 1 is 1.50 bits per heavy atom. The number of ether oxygens (including phenoxy) is 2. The van der Waals surface area contributed by atoms with Crippen LogP contribution in [0.4, 0.5) is 0 Å². The van der Waals surface area contributed by atoms with Crippen LogP contribution in [0.15, 0.2) is 11.6 Å². The summed E-state index contributed by atoms with van der Waals surface area (Å²) in [6, 6.07) is 0. The fraction of sp³-hybridized carbons (Fsp3) is 0.636. The van der Waals surface area contributed by atoms with E-state index in [1.807, 2.05) is 13.0 Å². The first-order valence-corrected chi connectivity index (χ1v) is 5.18. The molecule has 0 aromatic carbocycles. The van der Waals surface area contributed by atoms with Gasteiger partial charge in [0.1, 0.15) is 0 Å². The Balaban J connectivity index is 0.000000385. The second-order valence-electron chi connectivity index (χ2n) is 3.14. The second kappa shape index (κ2) is 7.87. The van der Waals surface area contributed by atoms with E-state index in [4.69, 9.17) is 4.74 Å². The largest absolute Gasteiger partial charge is 0.468 e. The van der Waals surface area contributed by atoms with Crippen molar-refractivity contribution >= 4 is 12.4 Å². The summed E-state index contributed by atoms with van der Waals surface area (Å²) < 4.78 is 9.21. The molecule has 0 aliphatic carbocycles. The maximum absolute atomic E-state index is 11.3. The molecule has 1 heterocycles. The molecule has 0 saturated heterocycles. The first kappa shape index (κ1) is 14.6. The van der Waals surface area contributed by atoms with Gasteiger partial charge in [0.2, 0.25) is 0 Å². The molecule has 5 heteroatoms. The Hall–Kier alpha value is -1.36. The molecule has 1 aliphatic rings. The van der Waals surface area contributed by atoms with Crippen LogP contribution in [0.1, 0.15) is 20.3 Å². The molecule has 1 aliphatic heterocycles. The molecule has 0 aromatic rings. The van der Waals surface area contributed by atoms with Gasteiger partial charge in [0.05, 0.1) is 6.61 Å². The summed E-state index contributed by atoms with van der Waals surface area (Å²) >= 11 is 0. The predicted molar refractivity (Wildman–Crippen MR) is 59.6 cm³/mol. The summed E-state index contributed by atoms with van der Waals surface area (Å²) in [5.74, 6) is 0.0827. The maximum Gasteiger partial charge on any atom is 0.293 e. The number of carbonyl (C=O) groups excluding carboxylic acids is 2. The summed E-state index contributed by atoms with van der Waals surface area (Å²) in [7, 11) is 3.35. The fourth-order valence-electron chi connectivity index (χ4n) is 1.26. The van der Waals surface area contributed by atoms with E-state index in [9.17, 15) is 9.59 Å². The van der Waals surface area contributed by atoms with E-state index in [-0.39, 0.29) is 12.1 Å². The topological polar surface area (TPSA) is 55.8 Å². The van der Waals surface area contributed by atoms with Crippen molar-refractivity contribution in [2.75, 3.05) is 20.8 Å². The summed E-state index contributed by atoms with van der Waals surface area (Å²) in [6.07, 6.45) is 2.49. The molecule has 0 spiro atoms. The molecule has 92 valence electrons. The monoisotopic (exact) mass is 229 g/mol. The van der Waals surface area contributed by atoms with Gasteiger partial charge in [-0.15, -0.1) is 0 Å². The zero-order valence-electron chi connectivity index (χ0n) is 10.2. The minimum Gasteiger partial charge on any atom is -0.468 e. The van der Waals surface area contributed by atoms with E-state index in [0.717, 1.165) is 12.0 Å². The Bertz CT molecular complexity index is 263. The molecule has 0 fully saturated rings. The van der Waals surface area contributed by atoms with Crippen LogP contribution in [-0.4, -0.2) is 44.3 Å². The summed E-state index contributed by atoms with van der Waals surface area (Å²) in [5.41, 5.74) is 0.847. The first-order valence-electron chi connectivity index (χ1n) is 5.18. The Labute approximate surface area is 96.0 Å². The van der Waals surface area contributed by atoms with E-state index in [1.165, 1.54) is 0 Å². The lowest BCUT2D eigenvalue weighted by Gasteiger charge is -2.17. The third-order valence-corrected chi connectivity index (χ3v) is 2.18. The molecule has 0 aromatic heterocycles. The molecule has 0 bridgehead atoms. The first-order chi connectivity index (χ1) is 7.62. The Morgan fingerprint density at radius 2 is 2.12 bits per heavy atom. The molecule has 1 rings (SSSR count). The SMILES string of the molecule is CCC1=CC(OC)N(C)C1=O.CCOC=O. The van der Waals surface area contributed by atoms with Crippen LogP contribution >= 0.6 is 0 Å². The standard InChI is InChI=1S/C8H13NO2.C3H6O2/c1-4-6-5-7(11-3)9(2)8(6)10;1-2-5-3-4/h5,7H,4H2,1-3H3;3H,2H2,1H3. The van der Waals surface area contributed by atoms with Crippen LogP contribution in [0.3, 0.4) is 0 Å². The second-order valence-corrected chi connectivity index (χ2v) is 3.14. The van der Waals surface area contributed by atoms with Crippen molar-refractivity contribution in [3.63, 3.8) is 0 Å². The molecule has 1 unspecified atom stereocenters. The maximum atomic E-state index is 11.3. The van der Waals surface area contributed by atoms with Crippen LogP contribution in [0.5, 0.6) is 0 Å². The van der Waals surface area contributed by atoms with Crippen molar-refractivity contribution in [2.45, 2.75) is 26.5 Å². The minimum absolute atomic E-state index is 0.0827. The van der Waals surface area contributed by atoms with Gasteiger partial charge in [0.15, 0.2) is 6.23 Å². The molecule has 5 nitrogen and oxygen atoms in total. The number of likely N-dealkylation sites (N-methyl/N-ethyl adjacent to an activating group) is 1. The number of carbonyl (C=O) groups is 2. The zero-order chi connectivity index (χ0) is 12.6. The summed E-state index contributed by atoms with van der Waals surface area (Å²) in [6.45, 7) is 4.63. The highest BCUT2D eigenvalue weighted by molar-refractivity contribution is 5.95. The predicted octanol–water partition coefficient (Wildman–Crippen LogP) is 0.947. The van der Waals surface area contributed by atoms with Gasteiger partial charge in [-0.3, -0.25) is 9.59 Å². The van der Waals surface area contributed by atoms with Gasteiger partial charge in [-0.2, -0.15) is 0 Å². The molecule has 0 N–H and O–H groups in total. The number of hydrogen-bond donors (Lipinski definition) is 0. The van der Waals surface area contributed by atoms with Crippen molar-refractivity contribution in [3.05, 3.63) is 11.6 Å². The van der Waals surface area contributed by atoms with Crippen molar-refractivity contribution in [2.24, 2.45) is 0 Å². The average molecular weight is 229 g/mol. The van der Waals surface area contributed by atoms with E-state index in [0.29, 0.717) is 13.1 Å². The van der Waals surface area contributed by atoms with Gasteiger partial charge in [0, 0.05) is 19.7 Å². The molecule has 1 atom stereocenters. The highest BCUT2D eigenvalue weighted by Crippen LogP contribution is 2.18. The highest BCUT2D eigenvalue weighted by Gasteiger charge is 2.27. The van der Waals surface area contributed by atoms with Crippen LogP contribution in [0.25, 0.3) is 0 Å². The lowest BCUT2D eigenvalue weighted by Crippen LogP contribution is -2.31. The molecule has 1 amide bonds. The molecule has 16 heavy (non-hydrogen) atoms. The quantitative estimate of drug-likeness (QED) is 0.673. The van der Waals surface area contributed by atoms with E-state index < -0.39 is 0 Å². The number of amides is 1. The lowest BCUT2D eigenvalue weighted by molar-refractivity contribution is -0.131. The fourth-order valence-corrected chi connectivity index (χ4v) is 1.26. The number of rotatable bonds is 4. The van der Waals surface area contributed by atoms with E-state index >= 15 is 0 Å². The van der Waals surface area contributed by atoms with Crippen molar-refractivity contribution in [3.8, 4) is 0 Å². The van der Waals surface area contributed by atoms with Crippen LogP contribution in [0.2, 0.25) is 0 Å². The molecule has 0 radical (unpaired) electrons. The van der Waals surface area contributed by atoms with Gasteiger partial charge < -0.3 is 14.4 Å². The third kappa shape index (κ3) is 4.02. The van der Waals surface area contributed by atoms with E-state index in [2.05, 4.69) is 4.74 Å². The zero-order valence-corrected chi connectivity index (χ0v) is 10.2. The highest BCUT2D eigenvalue weighted by atomic mass is 16.5. The third-order valence-electron chi connectivity index (χ3n) is 2.18. The van der Waals surface area contributed by atoms with Crippen LogP contribution in [-0.2, 0) is 19.1 Å². The van der Waals surface area contributed by atoms with Crippen molar-refractivity contribution in [1.82, 2.24) is 4.90 Å². The molecule has 0 saturated carbocycles. The van der Waals surface area contributed by atoms with E-state index in [1.54, 1.807) is 26.0 Å². The number of nitrogens with zero attached hydrogens (tertiary/aromatic N) is 1. The van der Waals surface area contributed by atoms with Crippen LogP contribution < -0.4 is 0 Å². The van der Waals surface area contributed by atoms with Crippen LogP contribution in [0, 0.1) is 0 Å². The lowest BCUT2D eigenvalue weighted by atomic mass is 10.2. The Morgan fingerprint density at radius 3 is 2.31 bits per heavy atom. The smallest absolute Gasteiger partial charge is 0.293 e. The number of methoxy groups -OCH3 is 1. The van der Waals surface area contributed by atoms with Gasteiger partial charge in [-0.25, -0.2) is 0 Å². The summed E-state index contributed by atoms with van der Waals surface area (Å²) in [5, 5.41) is 0. The van der Waals surface area contributed by atoms with Gasteiger partial charge in [0.25, 0.3) is 12.4 Å². The van der Waals surface area contributed by atoms with Gasteiger partial charge in [-0.1, -0.05) is 6.92 Å². The van der Waals surface area contributed by atoms with Crippen molar-refractivity contribution in [1.29, 1.82) is 0 Å².